The number of furan rings is 1. The summed E-state index contributed by atoms with van der Waals surface area (Å²) in [5.41, 5.74) is 1.08. The van der Waals surface area contributed by atoms with Crippen molar-refractivity contribution in [2.75, 3.05) is 13.7 Å². The summed E-state index contributed by atoms with van der Waals surface area (Å²) in [6.45, 7) is 1.07. The third kappa shape index (κ3) is 3.96. The van der Waals surface area contributed by atoms with Crippen molar-refractivity contribution >= 4 is 5.91 Å². The van der Waals surface area contributed by atoms with Crippen LogP contribution >= 0.6 is 0 Å². The third-order valence-electron chi connectivity index (χ3n) is 2.76. The summed E-state index contributed by atoms with van der Waals surface area (Å²) < 4.78 is 10.2. The number of hydrogen-bond acceptors (Lipinski definition) is 3. The van der Waals surface area contributed by atoms with Crippen molar-refractivity contribution in [3.05, 3.63) is 60.1 Å². The van der Waals surface area contributed by atoms with Crippen molar-refractivity contribution < 1.29 is 13.9 Å². The first kappa shape index (κ1) is 13.4. The molecule has 0 saturated carbocycles. The molecule has 0 bridgehead atoms. The van der Waals surface area contributed by atoms with E-state index in [4.69, 9.17) is 9.15 Å². The van der Waals surface area contributed by atoms with Gasteiger partial charge in [-0.1, -0.05) is 30.3 Å². The molecular formula is C15H17NO3. The Morgan fingerprint density at radius 1 is 1.16 bits per heavy atom. The lowest BCUT2D eigenvalue weighted by Gasteiger charge is -2.21. The van der Waals surface area contributed by atoms with Crippen molar-refractivity contribution in [1.29, 1.82) is 0 Å². The Kier molecular flexibility index (Phi) is 4.75. The molecule has 0 unspecified atom stereocenters. The maximum atomic E-state index is 12.0. The number of ether oxygens (including phenoxy) is 1. The molecule has 1 amide bonds. The van der Waals surface area contributed by atoms with Crippen LogP contribution in [0.3, 0.4) is 0 Å². The van der Waals surface area contributed by atoms with Gasteiger partial charge in [-0.15, -0.1) is 0 Å². The first-order valence-electron chi connectivity index (χ1n) is 6.12. The van der Waals surface area contributed by atoms with Crippen LogP contribution in [0.25, 0.3) is 0 Å². The average molecular weight is 259 g/mol. The second-order valence-electron chi connectivity index (χ2n) is 4.25. The van der Waals surface area contributed by atoms with Gasteiger partial charge in [0.1, 0.15) is 12.4 Å². The Bertz CT molecular complexity index is 493. The Labute approximate surface area is 112 Å². The van der Waals surface area contributed by atoms with Crippen molar-refractivity contribution in [2.45, 2.75) is 13.1 Å². The lowest BCUT2D eigenvalue weighted by molar-refractivity contribution is -0.136. The number of hydrogen-bond donors (Lipinski definition) is 0. The van der Waals surface area contributed by atoms with E-state index in [2.05, 4.69) is 0 Å². The molecule has 1 heterocycles. The summed E-state index contributed by atoms with van der Waals surface area (Å²) >= 11 is 0. The third-order valence-corrected chi connectivity index (χ3v) is 2.76. The lowest BCUT2D eigenvalue weighted by Crippen LogP contribution is -2.32. The summed E-state index contributed by atoms with van der Waals surface area (Å²) in [6, 6.07) is 13.5. The Balaban J connectivity index is 2.07. The first-order chi connectivity index (χ1) is 9.29. The van der Waals surface area contributed by atoms with Crippen molar-refractivity contribution in [2.24, 2.45) is 0 Å². The Morgan fingerprint density at radius 3 is 2.58 bits per heavy atom. The molecule has 1 aromatic carbocycles. The van der Waals surface area contributed by atoms with E-state index in [1.807, 2.05) is 42.5 Å². The van der Waals surface area contributed by atoms with Crippen LogP contribution < -0.4 is 0 Å². The van der Waals surface area contributed by atoms with E-state index in [9.17, 15) is 4.79 Å². The maximum Gasteiger partial charge on any atom is 0.249 e. The van der Waals surface area contributed by atoms with Crippen molar-refractivity contribution in [1.82, 2.24) is 4.90 Å². The van der Waals surface area contributed by atoms with Gasteiger partial charge in [0.2, 0.25) is 5.91 Å². The predicted octanol–water partition coefficient (Wildman–Crippen LogP) is 2.45. The van der Waals surface area contributed by atoms with E-state index in [1.165, 1.54) is 7.11 Å². The predicted molar refractivity (Wildman–Crippen MR) is 71.3 cm³/mol. The fraction of sp³-hybridized carbons (Fsp3) is 0.267. The minimum absolute atomic E-state index is 0.0530. The summed E-state index contributed by atoms with van der Waals surface area (Å²) in [5, 5.41) is 0. The summed E-state index contributed by atoms with van der Waals surface area (Å²) in [6.07, 6.45) is 1.61. The zero-order chi connectivity index (χ0) is 13.5. The molecule has 0 N–H and O–H groups in total. The standard InChI is InChI=1S/C15H17NO3/c1-18-12-15(17)16(11-14-8-5-9-19-14)10-13-6-3-2-4-7-13/h2-9H,10-12H2,1H3. The second kappa shape index (κ2) is 6.75. The SMILES string of the molecule is COCC(=O)N(Cc1ccccc1)Cc1ccco1. The minimum Gasteiger partial charge on any atom is -0.467 e. The fourth-order valence-electron chi connectivity index (χ4n) is 1.84. The van der Waals surface area contributed by atoms with Crippen LogP contribution in [0.5, 0.6) is 0 Å². The van der Waals surface area contributed by atoms with Crippen molar-refractivity contribution in [3.8, 4) is 0 Å². The van der Waals surface area contributed by atoms with E-state index < -0.39 is 0 Å². The lowest BCUT2D eigenvalue weighted by atomic mass is 10.2. The Hall–Kier alpha value is -2.07. The van der Waals surface area contributed by atoms with Gasteiger partial charge in [0.25, 0.3) is 0 Å². The quantitative estimate of drug-likeness (QED) is 0.800. The number of carbonyl (C=O) groups is 1. The van der Waals surface area contributed by atoms with Crippen LogP contribution in [-0.4, -0.2) is 24.5 Å². The molecule has 0 aliphatic carbocycles. The Morgan fingerprint density at radius 2 is 1.95 bits per heavy atom. The fourth-order valence-corrected chi connectivity index (χ4v) is 1.84. The van der Waals surface area contributed by atoms with Crippen LogP contribution in [0.15, 0.2) is 53.1 Å². The molecule has 0 radical (unpaired) electrons. The summed E-state index contributed by atoms with van der Waals surface area (Å²) in [4.78, 5) is 13.8. The van der Waals surface area contributed by atoms with Crippen LogP contribution in [0.4, 0.5) is 0 Å². The zero-order valence-corrected chi connectivity index (χ0v) is 10.9. The van der Waals surface area contributed by atoms with Crippen molar-refractivity contribution in [3.63, 3.8) is 0 Å². The van der Waals surface area contributed by atoms with Gasteiger partial charge in [-0.2, -0.15) is 0 Å². The highest BCUT2D eigenvalue weighted by Gasteiger charge is 2.15. The van der Waals surface area contributed by atoms with Gasteiger partial charge in [-0.05, 0) is 17.7 Å². The minimum atomic E-state index is -0.0530. The molecule has 0 aliphatic heterocycles. The molecule has 0 fully saturated rings. The number of benzene rings is 1. The second-order valence-corrected chi connectivity index (χ2v) is 4.25. The number of carbonyl (C=O) groups excluding carboxylic acids is 1. The first-order valence-corrected chi connectivity index (χ1v) is 6.12. The van der Waals surface area contributed by atoms with Gasteiger partial charge in [-0.3, -0.25) is 4.79 Å². The molecule has 2 rings (SSSR count). The van der Waals surface area contributed by atoms with Gasteiger partial charge in [-0.25, -0.2) is 0 Å². The van der Waals surface area contributed by atoms with Crippen LogP contribution in [0, 0.1) is 0 Å². The van der Waals surface area contributed by atoms with E-state index in [-0.39, 0.29) is 12.5 Å². The van der Waals surface area contributed by atoms with Gasteiger partial charge in [0.05, 0.1) is 12.8 Å². The smallest absolute Gasteiger partial charge is 0.249 e. The highest BCUT2D eigenvalue weighted by atomic mass is 16.5. The van der Waals surface area contributed by atoms with E-state index in [0.29, 0.717) is 13.1 Å². The molecule has 4 heteroatoms. The maximum absolute atomic E-state index is 12.0. The van der Waals surface area contributed by atoms with Gasteiger partial charge in [0.15, 0.2) is 0 Å². The van der Waals surface area contributed by atoms with Gasteiger partial charge >= 0.3 is 0 Å². The monoisotopic (exact) mass is 259 g/mol. The number of nitrogens with zero attached hydrogens (tertiary/aromatic N) is 1. The zero-order valence-electron chi connectivity index (χ0n) is 10.9. The highest BCUT2D eigenvalue weighted by Crippen LogP contribution is 2.11. The van der Waals surface area contributed by atoms with Gasteiger partial charge in [0, 0.05) is 13.7 Å². The molecule has 0 aliphatic rings. The van der Waals surface area contributed by atoms with Crippen LogP contribution in [-0.2, 0) is 22.6 Å². The molecular weight excluding hydrogens is 242 g/mol. The number of rotatable bonds is 6. The highest BCUT2D eigenvalue weighted by molar-refractivity contribution is 5.77. The molecule has 2 aromatic rings. The molecule has 0 spiro atoms. The average Bonchev–Trinajstić information content (AvgIpc) is 2.92. The molecule has 1 aromatic heterocycles. The largest absolute Gasteiger partial charge is 0.467 e. The van der Waals surface area contributed by atoms with E-state index in [1.54, 1.807) is 11.2 Å². The topological polar surface area (TPSA) is 42.7 Å². The normalized spacial score (nSPS) is 10.4. The van der Waals surface area contributed by atoms with E-state index >= 15 is 0 Å². The van der Waals surface area contributed by atoms with Crippen LogP contribution in [0.2, 0.25) is 0 Å². The summed E-state index contributed by atoms with van der Waals surface area (Å²) in [5.74, 6) is 0.711. The summed E-state index contributed by atoms with van der Waals surface area (Å²) in [7, 11) is 1.52. The molecule has 4 nitrogen and oxygen atoms in total. The van der Waals surface area contributed by atoms with E-state index in [0.717, 1.165) is 11.3 Å². The number of amides is 1. The molecule has 100 valence electrons. The molecule has 19 heavy (non-hydrogen) atoms. The van der Waals surface area contributed by atoms with Crippen LogP contribution in [0.1, 0.15) is 11.3 Å². The number of methoxy groups -OCH3 is 1. The van der Waals surface area contributed by atoms with Gasteiger partial charge < -0.3 is 14.1 Å². The molecule has 0 atom stereocenters. The molecule has 0 saturated heterocycles.